The zero-order chi connectivity index (χ0) is 26.3. The number of carbonyl (C=O) groups excluding carboxylic acids is 2. The van der Waals surface area contributed by atoms with Gasteiger partial charge in [0.1, 0.15) is 11.5 Å². The lowest BCUT2D eigenvalue weighted by atomic mass is 10.0. The van der Waals surface area contributed by atoms with Crippen molar-refractivity contribution >= 4 is 28.8 Å². The minimum atomic E-state index is -0.425. The Balaban J connectivity index is 1.23. The third kappa shape index (κ3) is 3.81. The van der Waals surface area contributed by atoms with E-state index in [1.54, 1.807) is 27.6 Å². The van der Waals surface area contributed by atoms with Crippen LogP contribution >= 0.6 is 11.3 Å². The molecule has 7 rings (SSSR count). The highest BCUT2D eigenvalue weighted by Gasteiger charge is 2.43. The predicted molar refractivity (Wildman–Crippen MR) is 138 cm³/mol. The summed E-state index contributed by atoms with van der Waals surface area (Å²) in [5.74, 6) is -0.982. The third-order valence-electron chi connectivity index (χ3n) is 8.09. The maximum Gasteiger partial charge on any atom is 0.273 e. The minimum absolute atomic E-state index is 0.0346. The van der Waals surface area contributed by atoms with E-state index in [4.69, 9.17) is 5.73 Å². The van der Waals surface area contributed by atoms with E-state index in [0.717, 1.165) is 45.9 Å². The maximum atomic E-state index is 15.2. The second-order valence-corrected chi connectivity index (χ2v) is 11.7. The Kier molecular flexibility index (Phi) is 5.20. The van der Waals surface area contributed by atoms with Crippen LogP contribution in [0.4, 0.5) is 8.78 Å². The molecule has 10 heteroatoms. The van der Waals surface area contributed by atoms with E-state index in [-0.39, 0.29) is 40.7 Å². The van der Waals surface area contributed by atoms with Crippen molar-refractivity contribution in [1.29, 1.82) is 0 Å². The lowest BCUT2D eigenvalue weighted by molar-refractivity contribution is -0.119. The van der Waals surface area contributed by atoms with Crippen LogP contribution in [0.5, 0.6) is 0 Å². The molecule has 4 aromatic rings. The lowest BCUT2D eigenvalue weighted by Gasteiger charge is -2.33. The summed E-state index contributed by atoms with van der Waals surface area (Å²) in [6, 6.07) is 9.74. The number of nitrogens with zero attached hydrogens (tertiary/aromatic N) is 4. The van der Waals surface area contributed by atoms with E-state index in [1.165, 1.54) is 12.1 Å². The summed E-state index contributed by atoms with van der Waals surface area (Å²) >= 11 is 1.15. The highest BCUT2D eigenvalue weighted by molar-refractivity contribution is 7.10. The van der Waals surface area contributed by atoms with Gasteiger partial charge in [-0.15, -0.1) is 11.3 Å². The average molecular weight is 534 g/mol. The number of rotatable bonds is 5. The monoisotopic (exact) mass is 533 g/mol. The molecule has 1 aliphatic heterocycles. The summed E-state index contributed by atoms with van der Waals surface area (Å²) < 4.78 is 30.8. The summed E-state index contributed by atoms with van der Waals surface area (Å²) in [7, 11) is 0. The molecule has 2 fully saturated rings. The number of primary amides is 1. The number of aromatic nitrogens is 3. The molecule has 4 heterocycles. The predicted octanol–water partition coefficient (Wildman–Crippen LogP) is 4.96. The van der Waals surface area contributed by atoms with Crippen molar-refractivity contribution in [3.8, 4) is 11.3 Å². The highest BCUT2D eigenvalue weighted by Crippen LogP contribution is 2.48. The van der Waals surface area contributed by atoms with E-state index in [2.05, 4.69) is 10.1 Å². The molecular formula is C28H25F2N5O2S. The number of hydrogen-bond donors (Lipinski definition) is 1. The molecular weight excluding hydrogens is 508 g/mol. The molecule has 2 N–H and O–H groups in total. The second-order valence-electron chi connectivity index (χ2n) is 10.6. The van der Waals surface area contributed by atoms with Crippen molar-refractivity contribution in [3.05, 3.63) is 74.7 Å². The zero-order valence-corrected chi connectivity index (χ0v) is 21.5. The van der Waals surface area contributed by atoms with Gasteiger partial charge in [-0.1, -0.05) is 6.07 Å². The normalized spacial score (nSPS) is 22.5. The molecule has 0 saturated heterocycles. The smallest absolute Gasteiger partial charge is 0.273 e. The second kappa shape index (κ2) is 8.42. The Morgan fingerprint density at radius 2 is 1.95 bits per heavy atom. The number of thiophene rings is 1. The van der Waals surface area contributed by atoms with Gasteiger partial charge in [-0.2, -0.15) is 9.49 Å². The molecule has 38 heavy (non-hydrogen) atoms. The van der Waals surface area contributed by atoms with Gasteiger partial charge in [0, 0.05) is 40.6 Å². The Bertz CT molecular complexity index is 1640. The number of benzene rings is 1. The lowest BCUT2D eigenvalue weighted by Crippen LogP contribution is -2.38. The van der Waals surface area contributed by atoms with Gasteiger partial charge in [-0.3, -0.25) is 9.59 Å². The molecule has 7 nitrogen and oxygen atoms in total. The Morgan fingerprint density at radius 3 is 2.66 bits per heavy atom. The average Bonchev–Trinajstić information content (AvgIpc) is 3.80. The number of amides is 2. The zero-order valence-electron chi connectivity index (χ0n) is 20.7. The van der Waals surface area contributed by atoms with E-state index >= 15 is 4.39 Å². The number of fused-ring (bicyclic) bond motifs is 2. The molecule has 3 aliphatic rings. The fourth-order valence-electron chi connectivity index (χ4n) is 5.72. The van der Waals surface area contributed by atoms with E-state index in [9.17, 15) is 14.0 Å². The van der Waals surface area contributed by atoms with Gasteiger partial charge in [0.2, 0.25) is 5.91 Å². The molecule has 2 aliphatic carbocycles. The first-order valence-corrected chi connectivity index (χ1v) is 13.7. The number of halogens is 2. The summed E-state index contributed by atoms with van der Waals surface area (Å²) in [5, 5.41) is 4.44. The van der Waals surface area contributed by atoms with Gasteiger partial charge in [0.05, 0.1) is 11.7 Å². The van der Waals surface area contributed by atoms with Gasteiger partial charge >= 0.3 is 0 Å². The number of carbonyl (C=O) groups is 2. The first kappa shape index (κ1) is 23.5. The third-order valence-corrected chi connectivity index (χ3v) is 9.09. The summed E-state index contributed by atoms with van der Waals surface area (Å²) in [5.41, 5.74) is 9.46. The van der Waals surface area contributed by atoms with Crippen molar-refractivity contribution in [1.82, 2.24) is 19.5 Å². The fraction of sp³-hybridized carbons (Fsp3) is 0.357. The first-order chi connectivity index (χ1) is 18.3. The van der Waals surface area contributed by atoms with Crippen LogP contribution in [-0.4, -0.2) is 37.9 Å². The first-order valence-electron chi connectivity index (χ1n) is 12.9. The molecule has 0 radical (unpaired) electrons. The van der Waals surface area contributed by atoms with Gasteiger partial charge in [-0.25, -0.2) is 13.9 Å². The standard InChI is InChI=1S/C28H25F2N5O2S/c1-13-17-10-25(30)38-24(17)6-7-34(13)28(37)22-11-23(14-2-3-14)35-26(32-22)12-21(33-35)16-5-4-15(8-20(16)29)18-9-19(18)27(31)36/h4-5,8,10-14,18-19H,2-3,6-7,9H2,1H3,(H2,31,36)/t13?,18-,19+/m1/s1. The molecule has 2 amide bonds. The Hall–Kier alpha value is -3.66. The molecule has 3 aromatic heterocycles. The van der Waals surface area contributed by atoms with Crippen LogP contribution in [0.3, 0.4) is 0 Å². The highest BCUT2D eigenvalue weighted by atomic mass is 32.1. The minimum Gasteiger partial charge on any atom is -0.369 e. The van der Waals surface area contributed by atoms with E-state index in [0.29, 0.717) is 42.0 Å². The van der Waals surface area contributed by atoms with Crippen LogP contribution in [0, 0.1) is 16.9 Å². The molecule has 3 atom stereocenters. The van der Waals surface area contributed by atoms with Crippen LogP contribution in [0.1, 0.15) is 76.3 Å². The quantitative estimate of drug-likeness (QED) is 0.392. The Labute approximate surface area is 221 Å². The van der Waals surface area contributed by atoms with Gasteiger partial charge in [-0.05, 0) is 73.9 Å². The SMILES string of the molecule is CC1c2cc(F)sc2CCN1C(=O)c1cc(C2CC2)n2nc(-c3ccc([C@H]4C[C@@H]4C(N)=O)cc3F)cc2n1. The molecule has 0 spiro atoms. The molecule has 2 saturated carbocycles. The topological polar surface area (TPSA) is 93.6 Å². The summed E-state index contributed by atoms with van der Waals surface area (Å²) in [6.07, 6.45) is 3.24. The van der Waals surface area contributed by atoms with Crippen molar-refractivity contribution in [2.45, 2.75) is 50.5 Å². The molecule has 1 aromatic carbocycles. The number of nitrogens with two attached hydrogens (primary N) is 1. The van der Waals surface area contributed by atoms with Crippen molar-refractivity contribution in [2.75, 3.05) is 6.54 Å². The van der Waals surface area contributed by atoms with E-state index in [1.807, 2.05) is 13.0 Å². The van der Waals surface area contributed by atoms with Gasteiger partial charge < -0.3 is 10.6 Å². The van der Waals surface area contributed by atoms with Crippen molar-refractivity contribution in [2.24, 2.45) is 11.7 Å². The van der Waals surface area contributed by atoms with Crippen LogP contribution in [0.25, 0.3) is 16.9 Å². The van der Waals surface area contributed by atoms with Gasteiger partial charge in [0.25, 0.3) is 5.91 Å². The largest absolute Gasteiger partial charge is 0.369 e. The fourth-order valence-corrected chi connectivity index (χ4v) is 6.68. The maximum absolute atomic E-state index is 15.2. The molecule has 194 valence electrons. The van der Waals surface area contributed by atoms with Crippen LogP contribution in [-0.2, 0) is 11.2 Å². The van der Waals surface area contributed by atoms with Crippen LogP contribution < -0.4 is 5.73 Å². The van der Waals surface area contributed by atoms with Gasteiger partial charge in [0.15, 0.2) is 10.8 Å². The van der Waals surface area contributed by atoms with Crippen molar-refractivity contribution in [3.63, 3.8) is 0 Å². The summed E-state index contributed by atoms with van der Waals surface area (Å²) in [4.78, 5) is 32.4. The number of hydrogen-bond acceptors (Lipinski definition) is 5. The van der Waals surface area contributed by atoms with Crippen LogP contribution in [0.2, 0.25) is 0 Å². The van der Waals surface area contributed by atoms with Crippen LogP contribution in [0.15, 0.2) is 36.4 Å². The Morgan fingerprint density at radius 1 is 1.13 bits per heavy atom. The molecule has 1 unspecified atom stereocenters. The molecule has 0 bridgehead atoms. The van der Waals surface area contributed by atoms with E-state index < -0.39 is 5.82 Å². The summed E-state index contributed by atoms with van der Waals surface area (Å²) in [6.45, 7) is 2.41. The van der Waals surface area contributed by atoms with Crippen molar-refractivity contribution < 1.29 is 18.4 Å².